The van der Waals surface area contributed by atoms with Gasteiger partial charge in [-0.15, -0.1) is 0 Å². The van der Waals surface area contributed by atoms with Crippen LogP contribution in [0.25, 0.3) is 0 Å². The summed E-state index contributed by atoms with van der Waals surface area (Å²) < 4.78 is 16.7. The Morgan fingerprint density at radius 1 is 0.276 bits per heavy atom. The maximum atomic E-state index is 12.8. The Morgan fingerprint density at radius 2 is 0.526 bits per heavy atom. The molecule has 0 radical (unpaired) electrons. The Labute approximate surface area is 465 Å². The number of carbonyl (C=O) groups is 3. The van der Waals surface area contributed by atoms with E-state index in [1.54, 1.807) is 0 Å². The molecular formula is C70H106O6. The molecule has 0 aliphatic carbocycles. The minimum atomic E-state index is -0.835. The summed E-state index contributed by atoms with van der Waals surface area (Å²) in [5.74, 6) is -1.04. The van der Waals surface area contributed by atoms with Gasteiger partial charge in [-0.2, -0.15) is 0 Å². The number of rotatable bonds is 51. The molecule has 422 valence electrons. The maximum Gasteiger partial charge on any atom is 0.306 e. The second kappa shape index (κ2) is 62.1. The number of hydrogen-bond donors (Lipinski definition) is 0. The van der Waals surface area contributed by atoms with Crippen molar-refractivity contribution in [1.29, 1.82) is 0 Å². The van der Waals surface area contributed by atoms with E-state index >= 15 is 0 Å². The first-order valence-corrected chi connectivity index (χ1v) is 29.8. The summed E-state index contributed by atoms with van der Waals surface area (Å²) in [7, 11) is 0. The van der Waals surface area contributed by atoms with Crippen molar-refractivity contribution in [2.75, 3.05) is 13.2 Å². The Morgan fingerprint density at radius 3 is 0.868 bits per heavy atom. The highest BCUT2D eigenvalue weighted by Crippen LogP contribution is 2.12. The molecule has 0 bridgehead atoms. The molecule has 0 aliphatic heterocycles. The van der Waals surface area contributed by atoms with E-state index < -0.39 is 6.10 Å². The molecule has 0 N–H and O–H groups in total. The third-order valence-electron chi connectivity index (χ3n) is 11.6. The van der Waals surface area contributed by atoms with Crippen LogP contribution in [0, 0.1) is 0 Å². The zero-order valence-corrected chi connectivity index (χ0v) is 48.2. The molecule has 6 heteroatoms. The molecule has 0 aliphatic rings. The van der Waals surface area contributed by atoms with E-state index in [1.165, 1.54) is 12.8 Å². The highest BCUT2D eigenvalue weighted by Gasteiger charge is 2.19. The van der Waals surface area contributed by atoms with Crippen LogP contribution in [0.2, 0.25) is 0 Å². The van der Waals surface area contributed by atoms with Crippen LogP contribution < -0.4 is 0 Å². The molecule has 0 heterocycles. The van der Waals surface area contributed by atoms with E-state index in [4.69, 9.17) is 14.2 Å². The van der Waals surface area contributed by atoms with Gasteiger partial charge in [0, 0.05) is 19.3 Å². The van der Waals surface area contributed by atoms with Crippen molar-refractivity contribution in [3.05, 3.63) is 182 Å². The number of esters is 3. The lowest BCUT2D eigenvalue weighted by Crippen LogP contribution is -2.30. The van der Waals surface area contributed by atoms with Crippen LogP contribution in [0.3, 0.4) is 0 Å². The van der Waals surface area contributed by atoms with E-state index in [2.05, 4.69) is 203 Å². The highest BCUT2D eigenvalue weighted by atomic mass is 16.6. The predicted octanol–water partition coefficient (Wildman–Crippen LogP) is 20.5. The fraction of sp³-hybridized carbons (Fsp3) is 0.529. The molecule has 0 amide bonds. The lowest BCUT2D eigenvalue weighted by atomic mass is 10.1. The van der Waals surface area contributed by atoms with Gasteiger partial charge in [-0.05, 0) is 148 Å². The van der Waals surface area contributed by atoms with Gasteiger partial charge in [0.2, 0.25) is 0 Å². The molecule has 0 spiro atoms. The maximum absolute atomic E-state index is 12.8. The zero-order chi connectivity index (χ0) is 55.0. The molecule has 0 saturated carbocycles. The predicted molar refractivity (Wildman–Crippen MR) is 329 cm³/mol. The van der Waals surface area contributed by atoms with Gasteiger partial charge >= 0.3 is 17.9 Å². The molecule has 1 unspecified atom stereocenters. The largest absolute Gasteiger partial charge is 0.462 e. The topological polar surface area (TPSA) is 78.9 Å². The number of hydrogen-bond acceptors (Lipinski definition) is 6. The van der Waals surface area contributed by atoms with Crippen molar-refractivity contribution in [3.8, 4) is 0 Å². The van der Waals surface area contributed by atoms with Crippen LogP contribution in [0.5, 0.6) is 0 Å². The second-order valence-corrected chi connectivity index (χ2v) is 18.8. The van der Waals surface area contributed by atoms with Crippen molar-refractivity contribution in [2.24, 2.45) is 0 Å². The van der Waals surface area contributed by atoms with Crippen LogP contribution in [0.15, 0.2) is 182 Å². The molecule has 0 fully saturated rings. The van der Waals surface area contributed by atoms with E-state index in [-0.39, 0.29) is 37.5 Å². The summed E-state index contributed by atoms with van der Waals surface area (Å²) in [4.78, 5) is 38.1. The van der Waals surface area contributed by atoms with Gasteiger partial charge in [0.15, 0.2) is 6.10 Å². The lowest BCUT2D eigenvalue weighted by molar-refractivity contribution is -0.167. The molecule has 0 rings (SSSR count). The first-order chi connectivity index (χ1) is 37.5. The van der Waals surface area contributed by atoms with Crippen LogP contribution in [-0.2, 0) is 28.6 Å². The van der Waals surface area contributed by atoms with E-state index in [0.29, 0.717) is 19.3 Å². The molecule has 0 aromatic rings. The summed E-state index contributed by atoms with van der Waals surface area (Å²) in [5.41, 5.74) is 0. The van der Waals surface area contributed by atoms with Gasteiger partial charge in [0.1, 0.15) is 13.2 Å². The number of allylic oxidation sites excluding steroid dienone is 30. The average Bonchev–Trinajstić information content (AvgIpc) is 3.42. The summed E-state index contributed by atoms with van der Waals surface area (Å²) in [5, 5.41) is 0. The second-order valence-electron chi connectivity index (χ2n) is 18.8. The molecule has 0 aromatic heterocycles. The third-order valence-corrected chi connectivity index (χ3v) is 11.6. The van der Waals surface area contributed by atoms with Crippen molar-refractivity contribution in [1.82, 2.24) is 0 Å². The molecule has 0 saturated heterocycles. The minimum Gasteiger partial charge on any atom is -0.462 e. The third kappa shape index (κ3) is 59.4. The van der Waals surface area contributed by atoms with Crippen molar-refractivity contribution >= 4 is 17.9 Å². The Kier molecular flexibility index (Phi) is 57.6. The number of ether oxygens (including phenoxy) is 3. The van der Waals surface area contributed by atoms with Gasteiger partial charge in [-0.3, -0.25) is 14.4 Å². The summed E-state index contributed by atoms with van der Waals surface area (Å²) in [6.07, 6.45) is 93.3. The summed E-state index contributed by atoms with van der Waals surface area (Å²) in [6, 6.07) is 0. The Balaban J connectivity index is 4.43. The van der Waals surface area contributed by atoms with Crippen LogP contribution >= 0.6 is 0 Å². The van der Waals surface area contributed by atoms with Crippen LogP contribution in [-0.4, -0.2) is 37.2 Å². The highest BCUT2D eigenvalue weighted by molar-refractivity contribution is 5.71. The molecule has 0 aromatic carbocycles. The monoisotopic (exact) mass is 1040 g/mol. The standard InChI is InChI=1S/C70H106O6/c1-4-7-10-13-16-19-22-24-26-28-29-30-31-32-33-34-35-36-37-38-39-40-41-43-44-46-48-51-54-57-60-63-69(72)75-66-67(65-74-68(71)62-59-56-53-50-21-18-15-12-9-6-3)76-70(73)64-61-58-55-52-49-47-45-42-27-25-23-20-17-14-11-8-5-2/h7-8,10-12,15-17,19-20,24-27,29-30,32-33,35-36,38-39,41,43,45-48,52,55,67H,4-6,9,13-14,18,21-23,28,31,34,37,40,42,44,49-51,53-54,56-66H2,1-3H3/b10-7-,11-8-,15-12-,19-16-,20-17-,26-24-,27-25-,30-29-,33-32-,36-35-,39-38-,43-41-,47-45-,48-46-,55-52-. The van der Waals surface area contributed by atoms with Crippen LogP contribution in [0.1, 0.15) is 220 Å². The molecule has 1 atom stereocenters. The van der Waals surface area contributed by atoms with Gasteiger partial charge in [0.05, 0.1) is 0 Å². The Bertz CT molecular complexity index is 1820. The molecule has 6 nitrogen and oxygen atoms in total. The van der Waals surface area contributed by atoms with Gasteiger partial charge in [-0.25, -0.2) is 0 Å². The normalized spacial score (nSPS) is 13.5. The Hall–Kier alpha value is -5.49. The summed E-state index contributed by atoms with van der Waals surface area (Å²) in [6.45, 7) is 6.24. The van der Waals surface area contributed by atoms with E-state index in [0.717, 1.165) is 161 Å². The fourth-order valence-electron chi connectivity index (χ4n) is 7.24. The zero-order valence-electron chi connectivity index (χ0n) is 48.2. The first kappa shape index (κ1) is 70.5. The van der Waals surface area contributed by atoms with Crippen molar-refractivity contribution < 1.29 is 28.6 Å². The number of unbranched alkanes of at least 4 members (excludes halogenated alkanes) is 10. The van der Waals surface area contributed by atoms with E-state index in [1.807, 2.05) is 0 Å². The summed E-state index contributed by atoms with van der Waals surface area (Å²) >= 11 is 0. The van der Waals surface area contributed by atoms with E-state index in [9.17, 15) is 14.4 Å². The SMILES string of the molecule is CC/C=C\C/C=C\C/C=C\C/C=C\C/C=C\C/C=C\C/C=C\C/C=C\C/C=C\CCCCCC(=O)OCC(COC(=O)CCCCCCC/C=C\CCC)OC(=O)CCC/C=C\C/C=C\C/C=C\C/C=C\C/C=C\CC. The minimum absolute atomic E-state index is 0.125. The van der Waals surface area contributed by atoms with Gasteiger partial charge in [0.25, 0.3) is 0 Å². The van der Waals surface area contributed by atoms with Crippen molar-refractivity contribution in [3.63, 3.8) is 0 Å². The quantitative estimate of drug-likeness (QED) is 0.0261. The number of carbonyl (C=O) groups excluding carboxylic acids is 3. The fourth-order valence-corrected chi connectivity index (χ4v) is 7.24. The molecular weight excluding hydrogens is 937 g/mol. The smallest absolute Gasteiger partial charge is 0.306 e. The first-order valence-electron chi connectivity index (χ1n) is 29.8. The lowest BCUT2D eigenvalue weighted by Gasteiger charge is -2.18. The molecule has 76 heavy (non-hydrogen) atoms. The van der Waals surface area contributed by atoms with Gasteiger partial charge < -0.3 is 14.2 Å². The van der Waals surface area contributed by atoms with Crippen LogP contribution in [0.4, 0.5) is 0 Å². The average molecular weight is 1040 g/mol. The van der Waals surface area contributed by atoms with Gasteiger partial charge in [-0.1, -0.05) is 235 Å². The van der Waals surface area contributed by atoms with Crippen molar-refractivity contribution in [2.45, 2.75) is 226 Å².